The number of aliphatic hydroxyl groups excluding tert-OH is 1. The van der Waals surface area contributed by atoms with Crippen LogP contribution in [0, 0.1) is 0 Å². The molecule has 1 unspecified atom stereocenters. The summed E-state index contributed by atoms with van der Waals surface area (Å²) in [6.45, 7) is 1.48. The molecule has 13 heavy (non-hydrogen) atoms. The summed E-state index contributed by atoms with van der Waals surface area (Å²) in [6.07, 6.45) is 4.01. The standard InChI is InChI=1S/C8H10BrN3O/c9-6-3-10-8(11-4-6)12-2-1-7(13)5-12/h3-4,7,13H,1-2,5H2. The van der Waals surface area contributed by atoms with Crippen LogP contribution < -0.4 is 4.90 Å². The van der Waals surface area contributed by atoms with Crippen molar-refractivity contribution in [3.8, 4) is 0 Å². The van der Waals surface area contributed by atoms with E-state index in [0.29, 0.717) is 12.5 Å². The smallest absolute Gasteiger partial charge is 0.225 e. The third-order valence-corrected chi connectivity index (χ3v) is 2.46. The normalized spacial score (nSPS) is 22.3. The van der Waals surface area contributed by atoms with Crippen LogP contribution >= 0.6 is 15.9 Å². The Kier molecular flexibility index (Phi) is 2.46. The van der Waals surface area contributed by atoms with Crippen molar-refractivity contribution in [3.63, 3.8) is 0 Å². The second-order valence-corrected chi connectivity index (χ2v) is 4.01. The zero-order valence-corrected chi connectivity index (χ0v) is 8.61. The van der Waals surface area contributed by atoms with Gasteiger partial charge in [0.05, 0.1) is 10.6 Å². The van der Waals surface area contributed by atoms with E-state index in [9.17, 15) is 5.11 Å². The molecule has 1 N–H and O–H groups in total. The molecule has 1 aromatic heterocycles. The quantitative estimate of drug-likeness (QED) is 0.794. The van der Waals surface area contributed by atoms with Crippen molar-refractivity contribution in [1.29, 1.82) is 0 Å². The third kappa shape index (κ3) is 1.97. The van der Waals surface area contributed by atoms with Gasteiger partial charge in [0.15, 0.2) is 0 Å². The van der Waals surface area contributed by atoms with Gasteiger partial charge in [0.2, 0.25) is 5.95 Å². The monoisotopic (exact) mass is 243 g/mol. The molecule has 1 aliphatic rings. The topological polar surface area (TPSA) is 49.2 Å². The van der Waals surface area contributed by atoms with Crippen molar-refractivity contribution in [2.45, 2.75) is 12.5 Å². The lowest BCUT2D eigenvalue weighted by Gasteiger charge is -2.14. The van der Waals surface area contributed by atoms with Gasteiger partial charge in [0.25, 0.3) is 0 Å². The van der Waals surface area contributed by atoms with Crippen molar-refractivity contribution in [2.24, 2.45) is 0 Å². The maximum Gasteiger partial charge on any atom is 0.225 e. The van der Waals surface area contributed by atoms with Crippen molar-refractivity contribution in [3.05, 3.63) is 16.9 Å². The lowest BCUT2D eigenvalue weighted by Crippen LogP contribution is -2.23. The van der Waals surface area contributed by atoms with Crippen LogP contribution in [0.3, 0.4) is 0 Å². The van der Waals surface area contributed by atoms with E-state index in [1.807, 2.05) is 4.90 Å². The van der Waals surface area contributed by atoms with Crippen LogP contribution in [0.25, 0.3) is 0 Å². The molecular formula is C8H10BrN3O. The molecule has 0 aliphatic carbocycles. The number of hydrogen-bond donors (Lipinski definition) is 1. The van der Waals surface area contributed by atoms with Gasteiger partial charge in [0.1, 0.15) is 0 Å². The minimum absolute atomic E-state index is 0.229. The van der Waals surface area contributed by atoms with Crippen molar-refractivity contribution >= 4 is 21.9 Å². The van der Waals surface area contributed by atoms with E-state index >= 15 is 0 Å². The van der Waals surface area contributed by atoms with Crippen LogP contribution in [0.15, 0.2) is 16.9 Å². The number of anilines is 1. The van der Waals surface area contributed by atoms with Crippen LogP contribution in [0.2, 0.25) is 0 Å². The fourth-order valence-corrected chi connectivity index (χ4v) is 1.60. The van der Waals surface area contributed by atoms with E-state index in [-0.39, 0.29) is 6.10 Å². The van der Waals surface area contributed by atoms with Gasteiger partial charge in [-0.3, -0.25) is 0 Å². The van der Waals surface area contributed by atoms with Gasteiger partial charge in [-0.2, -0.15) is 0 Å². The van der Waals surface area contributed by atoms with E-state index in [1.165, 1.54) is 0 Å². The van der Waals surface area contributed by atoms with Gasteiger partial charge >= 0.3 is 0 Å². The lowest BCUT2D eigenvalue weighted by atomic mass is 10.3. The van der Waals surface area contributed by atoms with Gasteiger partial charge < -0.3 is 10.0 Å². The summed E-state index contributed by atoms with van der Waals surface area (Å²) in [5, 5.41) is 9.31. The predicted octanol–water partition coefficient (Wildman–Crippen LogP) is 0.810. The molecule has 0 radical (unpaired) electrons. The second kappa shape index (κ2) is 3.59. The van der Waals surface area contributed by atoms with Gasteiger partial charge in [-0.05, 0) is 22.4 Å². The predicted molar refractivity (Wildman–Crippen MR) is 52.6 cm³/mol. The first-order chi connectivity index (χ1) is 6.25. The van der Waals surface area contributed by atoms with E-state index in [1.54, 1.807) is 12.4 Å². The first kappa shape index (κ1) is 8.90. The fourth-order valence-electron chi connectivity index (χ4n) is 1.39. The first-order valence-electron chi connectivity index (χ1n) is 4.16. The van der Waals surface area contributed by atoms with Crippen LogP contribution in [0.5, 0.6) is 0 Å². The molecule has 2 rings (SSSR count). The number of nitrogens with zero attached hydrogens (tertiary/aromatic N) is 3. The third-order valence-electron chi connectivity index (χ3n) is 2.05. The van der Waals surface area contributed by atoms with Crippen molar-refractivity contribution in [2.75, 3.05) is 18.0 Å². The number of hydrogen-bond acceptors (Lipinski definition) is 4. The fraction of sp³-hybridized carbons (Fsp3) is 0.500. The van der Waals surface area contributed by atoms with Crippen LogP contribution in [-0.4, -0.2) is 34.3 Å². The van der Waals surface area contributed by atoms with Crippen molar-refractivity contribution < 1.29 is 5.11 Å². The number of rotatable bonds is 1. The largest absolute Gasteiger partial charge is 0.391 e. The van der Waals surface area contributed by atoms with Crippen molar-refractivity contribution in [1.82, 2.24) is 9.97 Å². The molecular weight excluding hydrogens is 234 g/mol. The molecule has 0 saturated carbocycles. The Labute approximate surface area is 84.7 Å². The summed E-state index contributed by atoms with van der Waals surface area (Å²) in [5.41, 5.74) is 0. The molecule has 4 nitrogen and oxygen atoms in total. The number of aromatic nitrogens is 2. The molecule has 2 heterocycles. The highest BCUT2D eigenvalue weighted by molar-refractivity contribution is 9.10. The van der Waals surface area contributed by atoms with E-state index < -0.39 is 0 Å². The Balaban J connectivity index is 2.13. The van der Waals surface area contributed by atoms with E-state index in [2.05, 4.69) is 25.9 Å². The summed E-state index contributed by atoms with van der Waals surface area (Å²) in [4.78, 5) is 10.3. The molecule has 0 bridgehead atoms. The zero-order chi connectivity index (χ0) is 9.26. The number of β-amino-alcohol motifs (C(OH)–C–C–N with tert-alkyl or cyclic N) is 1. The molecule has 0 spiro atoms. The second-order valence-electron chi connectivity index (χ2n) is 3.09. The Morgan fingerprint density at radius 2 is 2.15 bits per heavy atom. The summed E-state index contributed by atoms with van der Waals surface area (Å²) >= 11 is 3.27. The van der Waals surface area contributed by atoms with Gasteiger partial charge in [-0.15, -0.1) is 0 Å². The van der Waals surface area contributed by atoms with Crippen LogP contribution in [-0.2, 0) is 0 Å². The SMILES string of the molecule is OC1CCN(c2ncc(Br)cn2)C1. The highest BCUT2D eigenvalue weighted by atomic mass is 79.9. The molecule has 1 atom stereocenters. The van der Waals surface area contributed by atoms with Gasteiger partial charge in [-0.1, -0.05) is 0 Å². The summed E-state index contributed by atoms with van der Waals surface area (Å²) in [5.74, 6) is 0.694. The minimum atomic E-state index is -0.229. The zero-order valence-electron chi connectivity index (χ0n) is 7.02. The molecule has 1 aliphatic heterocycles. The summed E-state index contributed by atoms with van der Waals surface area (Å²) < 4.78 is 0.871. The Morgan fingerprint density at radius 1 is 1.46 bits per heavy atom. The molecule has 0 aromatic carbocycles. The molecule has 1 aromatic rings. The molecule has 0 amide bonds. The Bertz CT molecular complexity index is 290. The molecule has 70 valence electrons. The van der Waals surface area contributed by atoms with Gasteiger partial charge in [0, 0.05) is 25.5 Å². The first-order valence-corrected chi connectivity index (χ1v) is 4.95. The summed E-state index contributed by atoms with van der Waals surface area (Å²) in [6, 6.07) is 0. The van der Waals surface area contributed by atoms with Crippen LogP contribution in [0.1, 0.15) is 6.42 Å². The van der Waals surface area contributed by atoms with E-state index in [0.717, 1.165) is 17.4 Å². The summed E-state index contributed by atoms with van der Waals surface area (Å²) in [7, 11) is 0. The average Bonchev–Trinajstić information content (AvgIpc) is 2.53. The average molecular weight is 244 g/mol. The lowest BCUT2D eigenvalue weighted by molar-refractivity contribution is 0.198. The highest BCUT2D eigenvalue weighted by Crippen LogP contribution is 2.16. The Morgan fingerprint density at radius 3 is 2.69 bits per heavy atom. The number of halogens is 1. The molecule has 1 saturated heterocycles. The molecule has 5 heteroatoms. The Hall–Kier alpha value is -0.680. The number of aliphatic hydroxyl groups is 1. The molecule has 1 fully saturated rings. The minimum Gasteiger partial charge on any atom is -0.391 e. The van der Waals surface area contributed by atoms with Crippen LogP contribution in [0.4, 0.5) is 5.95 Å². The maximum atomic E-state index is 9.31. The van der Waals surface area contributed by atoms with Gasteiger partial charge in [-0.25, -0.2) is 9.97 Å². The maximum absolute atomic E-state index is 9.31. The van der Waals surface area contributed by atoms with E-state index in [4.69, 9.17) is 0 Å². The highest BCUT2D eigenvalue weighted by Gasteiger charge is 2.21.